The van der Waals surface area contributed by atoms with Gasteiger partial charge in [-0.25, -0.2) is 14.9 Å². The molecule has 1 saturated carbocycles. The van der Waals surface area contributed by atoms with Crippen LogP contribution in [0, 0.1) is 5.92 Å². The number of thioether (sulfide) groups is 1. The van der Waals surface area contributed by atoms with Crippen LogP contribution in [0.3, 0.4) is 0 Å². The van der Waals surface area contributed by atoms with Crippen molar-refractivity contribution in [1.82, 2.24) is 19.8 Å². The molecule has 9 nitrogen and oxygen atoms in total. The van der Waals surface area contributed by atoms with Gasteiger partial charge in [0.15, 0.2) is 5.16 Å². The van der Waals surface area contributed by atoms with Gasteiger partial charge in [0.05, 0.1) is 31.7 Å². The number of ether oxygens (including phenoxy) is 2. The smallest absolute Gasteiger partial charge is 0.343 e. The molecular weight excluding hydrogens is 514 g/mol. The first kappa shape index (κ1) is 26.8. The van der Waals surface area contributed by atoms with E-state index in [2.05, 4.69) is 16.3 Å². The molecule has 0 radical (unpaired) electrons. The highest BCUT2D eigenvalue weighted by Crippen LogP contribution is 2.45. The molecule has 2 atom stereocenters. The van der Waals surface area contributed by atoms with E-state index in [1.54, 1.807) is 23.8 Å². The van der Waals surface area contributed by atoms with Crippen LogP contribution >= 0.6 is 11.8 Å². The zero-order chi connectivity index (χ0) is 27.4. The van der Waals surface area contributed by atoms with E-state index < -0.39 is 0 Å². The number of H-pyrrole nitrogens is 1. The van der Waals surface area contributed by atoms with E-state index in [0.29, 0.717) is 11.7 Å². The van der Waals surface area contributed by atoms with Gasteiger partial charge >= 0.3 is 5.69 Å². The van der Waals surface area contributed by atoms with Crippen molar-refractivity contribution in [1.29, 1.82) is 0 Å². The van der Waals surface area contributed by atoms with Crippen molar-refractivity contribution < 1.29 is 14.3 Å². The van der Waals surface area contributed by atoms with Crippen LogP contribution in [0.15, 0.2) is 69.2 Å². The van der Waals surface area contributed by atoms with Gasteiger partial charge in [0.1, 0.15) is 11.5 Å². The minimum Gasteiger partial charge on any atom is -0.497 e. The number of methoxy groups -OCH3 is 2. The minimum atomic E-state index is -0.261. The lowest BCUT2D eigenvalue weighted by atomic mass is 9.77. The van der Waals surface area contributed by atoms with Crippen LogP contribution < -0.4 is 15.2 Å². The predicted octanol–water partition coefficient (Wildman–Crippen LogP) is 4.91. The van der Waals surface area contributed by atoms with Crippen LogP contribution in [0.5, 0.6) is 11.5 Å². The zero-order valence-corrected chi connectivity index (χ0v) is 23.2. The van der Waals surface area contributed by atoms with Crippen molar-refractivity contribution >= 4 is 29.5 Å². The third-order valence-corrected chi connectivity index (χ3v) is 8.13. The summed E-state index contributed by atoms with van der Waals surface area (Å²) in [5, 5.41) is 13.7. The van der Waals surface area contributed by atoms with Crippen molar-refractivity contribution in [3.63, 3.8) is 0 Å². The van der Waals surface area contributed by atoms with E-state index in [1.165, 1.54) is 11.8 Å². The number of carbonyl (C=O) groups is 1. The summed E-state index contributed by atoms with van der Waals surface area (Å²) in [6.07, 6.45) is 5.84. The maximum Gasteiger partial charge on any atom is 0.343 e. The summed E-state index contributed by atoms with van der Waals surface area (Å²) in [6, 6.07) is 15.6. The Bertz CT molecular complexity index is 1430. The van der Waals surface area contributed by atoms with Crippen molar-refractivity contribution in [2.45, 2.75) is 50.4 Å². The molecule has 1 aliphatic carbocycles. The van der Waals surface area contributed by atoms with Crippen LogP contribution in [0.25, 0.3) is 6.08 Å². The number of allylic oxidation sites excluding steroid dienone is 1. The Kier molecular flexibility index (Phi) is 8.21. The molecule has 5 rings (SSSR count). The number of hydrogen-bond acceptors (Lipinski definition) is 7. The van der Waals surface area contributed by atoms with Crippen LogP contribution in [-0.4, -0.2) is 51.4 Å². The molecule has 3 aromatic rings. The summed E-state index contributed by atoms with van der Waals surface area (Å²) in [5.41, 5.74) is 3.96. The topological polar surface area (TPSA) is 102 Å². The number of amides is 1. The maximum atomic E-state index is 13.7. The van der Waals surface area contributed by atoms with Gasteiger partial charge in [-0.1, -0.05) is 43.0 Å². The van der Waals surface area contributed by atoms with E-state index in [9.17, 15) is 9.59 Å². The predicted molar refractivity (Wildman–Crippen MR) is 152 cm³/mol. The third kappa shape index (κ3) is 5.66. The molecule has 1 N–H and O–H groups in total. The number of aromatic nitrogens is 3. The van der Waals surface area contributed by atoms with Crippen molar-refractivity contribution in [3.05, 3.63) is 75.7 Å². The molecule has 0 unspecified atom stereocenters. The Balaban J connectivity index is 1.45. The molecule has 2 heterocycles. The number of benzene rings is 2. The molecule has 1 fully saturated rings. The monoisotopic (exact) mass is 547 g/mol. The number of hydrazone groups is 1. The van der Waals surface area contributed by atoms with Crippen molar-refractivity contribution in [3.8, 4) is 11.5 Å². The van der Waals surface area contributed by atoms with Gasteiger partial charge in [-0.2, -0.15) is 5.10 Å². The number of fused-ring (bicyclic) bond motifs is 1. The standard InChI is InChI=1S/C29H33N5O4S/c1-4-16-33-28(36)30-31-29(33)39-18-25(35)34-27(20-10-14-23(38-3)15-11-20)24-7-5-6-21(26(24)32-34)17-19-8-12-22(37-2)13-9-19/h8-15,17,24,27H,4-7,16,18H2,1-3H3,(H,30,36)/b21-17-/t24-,27-/m0/s1. The first-order valence-electron chi connectivity index (χ1n) is 13.2. The third-order valence-electron chi connectivity index (χ3n) is 7.17. The summed E-state index contributed by atoms with van der Waals surface area (Å²) < 4.78 is 12.2. The SMILES string of the molecule is CCCn1c(SCC(=O)N2N=C3/C(=C\c4ccc(OC)cc4)CCC[C@@H]3[C@@H]2c2ccc(OC)cc2)n[nH]c1=O. The highest BCUT2D eigenvalue weighted by molar-refractivity contribution is 7.99. The second-order valence-corrected chi connectivity index (χ2v) is 10.6. The highest BCUT2D eigenvalue weighted by Gasteiger charge is 2.43. The number of carbonyl (C=O) groups excluding carboxylic acids is 1. The lowest BCUT2D eigenvalue weighted by Gasteiger charge is -2.29. The molecular formula is C29H33N5O4S. The van der Waals surface area contributed by atoms with E-state index in [0.717, 1.165) is 59.6 Å². The highest BCUT2D eigenvalue weighted by atomic mass is 32.2. The molecule has 2 aliphatic rings. The maximum absolute atomic E-state index is 13.7. The van der Waals surface area contributed by atoms with Gasteiger partial charge in [-0.15, -0.1) is 5.10 Å². The Morgan fingerprint density at radius 3 is 2.46 bits per heavy atom. The van der Waals surface area contributed by atoms with E-state index in [1.807, 2.05) is 55.5 Å². The van der Waals surface area contributed by atoms with E-state index in [4.69, 9.17) is 14.6 Å². The molecule has 1 aliphatic heterocycles. The second-order valence-electron chi connectivity index (χ2n) is 9.63. The lowest BCUT2D eigenvalue weighted by molar-refractivity contribution is -0.130. The zero-order valence-electron chi connectivity index (χ0n) is 22.4. The Labute approximate surface area is 231 Å². The molecule has 1 amide bonds. The Morgan fingerprint density at radius 2 is 1.79 bits per heavy atom. The van der Waals surface area contributed by atoms with E-state index >= 15 is 0 Å². The van der Waals surface area contributed by atoms with Crippen LogP contribution in [0.2, 0.25) is 0 Å². The lowest BCUT2D eigenvalue weighted by Crippen LogP contribution is -2.33. The number of nitrogens with one attached hydrogen (secondary N) is 1. The fourth-order valence-corrected chi connectivity index (χ4v) is 6.09. The average molecular weight is 548 g/mol. The fraction of sp³-hybridized carbons (Fsp3) is 0.379. The first-order chi connectivity index (χ1) is 19.0. The molecule has 39 heavy (non-hydrogen) atoms. The number of nitrogens with zero attached hydrogens (tertiary/aromatic N) is 4. The summed E-state index contributed by atoms with van der Waals surface area (Å²) in [6.45, 7) is 2.55. The average Bonchev–Trinajstić information content (AvgIpc) is 3.53. The molecule has 204 valence electrons. The molecule has 0 bridgehead atoms. The first-order valence-corrected chi connectivity index (χ1v) is 14.2. The Morgan fingerprint density at radius 1 is 1.10 bits per heavy atom. The Hall–Kier alpha value is -3.79. The van der Waals surface area contributed by atoms with Gasteiger partial charge in [-0.05, 0) is 72.7 Å². The number of rotatable bonds is 9. The summed E-state index contributed by atoms with van der Waals surface area (Å²) in [7, 11) is 3.30. The van der Waals surface area contributed by atoms with Crippen LogP contribution in [0.4, 0.5) is 0 Å². The number of hydrogen-bond donors (Lipinski definition) is 1. The minimum absolute atomic E-state index is 0.0919. The number of aromatic amines is 1. The molecule has 0 spiro atoms. The van der Waals surface area contributed by atoms with Crippen LogP contribution in [-0.2, 0) is 11.3 Å². The van der Waals surface area contributed by atoms with Gasteiger partial charge in [0.25, 0.3) is 5.91 Å². The molecule has 2 aromatic carbocycles. The van der Waals surface area contributed by atoms with E-state index in [-0.39, 0.29) is 29.3 Å². The summed E-state index contributed by atoms with van der Waals surface area (Å²) in [4.78, 5) is 25.8. The molecule has 1 aromatic heterocycles. The van der Waals surface area contributed by atoms with Gasteiger partial charge in [0.2, 0.25) is 0 Å². The quantitative estimate of drug-likeness (QED) is 0.382. The fourth-order valence-electron chi connectivity index (χ4n) is 5.27. The van der Waals surface area contributed by atoms with Crippen LogP contribution in [0.1, 0.15) is 49.8 Å². The van der Waals surface area contributed by atoms with Gasteiger partial charge in [0, 0.05) is 12.5 Å². The summed E-state index contributed by atoms with van der Waals surface area (Å²) >= 11 is 1.26. The molecule has 0 saturated heterocycles. The van der Waals surface area contributed by atoms with Crippen molar-refractivity contribution in [2.24, 2.45) is 11.0 Å². The van der Waals surface area contributed by atoms with Crippen molar-refractivity contribution in [2.75, 3.05) is 20.0 Å². The van der Waals surface area contributed by atoms with Gasteiger partial charge in [-0.3, -0.25) is 9.36 Å². The summed E-state index contributed by atoms with van der Waals surface area (Å²) in [5.74, 6) is 1.68. The largest absolute Gasteiger partial charge is 0.497 e. The molecule has 10 heteroatoms. The second kappa shape index (κ2) is 11.9. The normalized spacial score (nSPS) is 19.6. The van der Waals surface area contributed by atoms with Gasteiger partial charge < -0.3 is 9.47 Å².